The van der Waals surface area contributed by atoms with Crippen LogP contribution in [0.3, 0.4) is 0 Å². The third-order valence-electron chi connectivity index (χ3n) is 12.8. The standard InChI is InChI=1S/C58H92N4O17/c1-5-6-7-8-9-10-11-12-13-14-15-16-17-18-22-27-50(64)78-53-52(60-54(66)47-26-23-29-61(47)57(68)79-58(2,3)4)48(77-55(53)62-30-28-49(63)59-56(62)67)44-76-51(65)45-75-42-40-73-38-36-71-34-32-69-31-33-70-35-37-72-39-41-74-43-46-24-20-19-21-25-46/h12-13,19-21,24-25,28,30,47-48,52-53,55H,5-11,14-18,22-23,26-27,29,31-45H2,1-4H3,(H,60,66)(H,59,63,67)/b13-12-/t47-,48+,52-,53+,55+/m0/s1. The van der Waals surface area contributed by atoms with E-state index in [1.54, 1.807) is 20.8 Å². The minimum Gasteiger partial charge on any atom is -0.461 e. The van der Waals surface area contributed by atoms with Crippen molar-refractivity contribution in [3.05, 3.63) is 81.1 Å². The highest BCUT2D eigenvalue weighted by Gasteiger charge is 2.51. The average Bonchev–Trinajstić information content (AvgIpc) is 4.26. The lowest BCUT2D eigenvalue weighted by atomic mass is 10.1. The van der Waals surface area contributed by atoms with Gasteiger partial charge >= 0.3 is 23.7 Å². The summed E-state index contributed by atoms with van der Waals surface area (Å²) in [6, 6.07) is 8.96. The summed E-state index contributed by atoms with van der Waals surface area (Å²) in [5.74, 6) is -1.93. The number of aromatic amines is 1. The van der Waals surface area contributed by atoms with Gasteiger partial charge in [0, 0.05) is 25.2 Å². The van der Waals surface area contributed by atoms with Crippen LogP contribution in [0.25, 0.3) is 0 Å². The fourth-order valence-corrected chi connectivity index (χ4v) is 8.77. The molecule has 0 bridgehead atoms. The summed E-state index contributed by atoms with van der Waals surface area (Å²) >= 11 is 0. The maximum absolute atomic E-state index is 14.2. The Labute approximate surface area is 466 Å². The molecule has 3 heterocycles. The van der Waals surface area contributed by atoms with Gasteiger partial charge in [-0.2, -0.15) is 0 Å². The zero-order valence-electron chi connectivity index (χ0n) is 47.5. The van der Waals surface area contributed by atoms with Crippen LogP contribution in [0.1, 0.15) is 142 Å². The largest absolute Gasteiger partial charge is 0.461 e. The Hall–Kier alpha value is -5.00. The van der Waals surface area contributed by atoms with Gasteiger partial charge in [0.2, 0.25) is 5.91 Å². The van der Waals surface area contributed by atoms with Gasteiger partial charge in [-0.1, -0.05) is 101 Å². The Balaban J connectivity index is 1.19. The second kappa shape index (κ2) is 40.2. The molecule has 0 unspecified atom stereocenters. The van der Waals surface area contributed by atoms with E-state index in [0.717, 1.165) is 54.7 Å². The van der Waals surface area contributed by atoms with Gasteiger partial charge in [0.05, 0.1) is 85.9 Å². The minimum absolute atomic E-state index is 0.0581. The van der Waals surface area contributed by atoms with Gasteiger partial charge in [-0.25, -0.2) is 14.4 Å². The van der Waals surface area contributed by atoms with Crippen molar-refractivity contribution in [2.75, 3.05) is 99.0 Å². The molecule has 21 heteroatoms. The average molecular weight is 1120 g/mol. The van der Waals surface area contributed by atoms with Crippen LogP contribution in [0.2, 0.25) is 0 Å². The third kappa shape index (κ3) is 28.8. The Morgan fingerprint density at radius 2 is 1.25 bits per heavy atom. The van der Waals surface area contributed by atoms with Gasteiger partial charge in [-0.05, 0) is 71.3 Å². The first-order valence-electron chi connectivity index (χ1n) is 28.7. The predicted octanol–water partition coefficient (Wildman–Crippen LogP) is 7.13. The summed E-state index contributed by atoms with van der Waals surface area (Å²) in [5, 5.41) is 2.91. The number of benzene rings is 1. The van der Waals surface area contributed by atoms with Crippen LogP contribution in [0.15, 0.2) is 64.3 Å². The summed E-state index contributed by atoms with van der Waals surface area (Å²) in [4.78, 5) is 82.9. The first-order chi connectivity index (χ1) is 38.4. The quantitative estimate of drug-likeness (QED) is 0.0291. The van der Waals surface area contributed by atoms with E-state index >= 15 is 0 Å². The van der Waals surface area contributed by atoms with E-state index in [4.69, 9.17) is 52.1 Å². The molecule has 0 saturated carbocycles. The molecule has 1 aromatic carbocycles. The molecule has 0 radical (unpaired) electrons. The number of carbonyl (C=O) groups excluding carboxylic acids is 4. The van der Waals surface area contributed by atoms with E-state index in [0.29, 0.717) is 91.9 Å². The van der Waals surface area contributed by atoms with Gasteiger partial charge in [0.25, 0.3) is 5.56 Å². The number of rotatable bonds is 43. The Morgan fingerprint density at radius 3 is 1.84 bits per heavy atom. The number of likely N-dealkylation sites (tertiary alicyclic amines) is 1. The first kappa shape index (κ1) is 66.5. The highest BCUT2D eigenvalue weighted by atomic mass is 16.6. The summed E-state index contributed by atoms with van der Waals surface area (Å²) in [5.41, 5.74) is -1.20. The molecule has 5 atom stereocenters. The molecule has 1 aromatic heterocycles. The zero-order chi connectivity index (χ0) is 56.8. The molecule has 79 heavy (non-hydrogen) atoms. The first-order valence-corrected chi connectivity index (χ1v) is 28.7. The van der Waals surface area contributed by atoms with Gasteiger partial charge in [-0.3, -0.25) is 28.8 Å². The lowest BCUT2D eigenvalue weighted by Gasteiger charge is -2.30. The van der Waals surface area contributed by atoms with Crippen molar-refractivity contribution in [1.29, 1.82) is 0 Å². The van der Waals surface area contributed by atoms with Crippen molar-refractivity contribution < 1.29 is 71.3 Å². The summed E-state index contributed by atoms with van der Waals surface area (Å²) in [7, 11) is 0. The molecular weight excluding hydrogens is 1020 g/mol. The van der Waals surface area contributed by atoms with Crippen LogP contribution in [0, 0.1) is 0 Å². The van der Waals surface area contributed by atoms with Gasteiger partial charge in [0.15, 0.2) is 12.3 Å². The number of hydrogen-bond donors (Lipinski definition) is 2. The molecule has 2 fully saturated rings. The molecule has 4 rings (SSSR count). The molecule has 446 valence electrons. The molecule has 0 aliphatic carbocycles. The molecular formula is C58H92N4O17. The zero-order valence-corrected chi connectivity index (χ0v) is 47.5. The molecule has 2 N–H and O–H groups in total. The molecule has 2 aromatic rings. The highest BCUT2D eigenvalue weighted by molar-refractivity contribution is 5.86. The maximum Gasteiger partial charge on any atom is 0.410 e. The van der Waals surface area contributed by atoms with E-state index in [9.17, 15) is 28.8 Å². The van der Waals surface area contributed by atoms with E-state index < -0.39 is 84.5 Å². The number of unbranched alkanes of at least 4 members (excludes halogenated alkanes) is 11. The minimum atomic E-state index is -1.36. The van der Waals surface area contributed by atoms with Crippen molar-refractivity contribution in [1.82, 2.24) is 19.8 Å². The van der Waals surface area contributed by atoms with Crippen LogP contribution in [-0.2, 0) is 73.1 Å². The van der Waals surface area contributed by atoms with Crippen LogP contribution < -0.4 is 16.6 Å². The predicted molar refractivity (Wildman–Crippen MR) is 294 cm³/mol. The fourth-order valence-electron chi connectivity index (χ4n) is 8.77. The number of carbonyl (C=O) groups is 4. The summed E-state index contributed by atoms with van der Waals surface area (Å²) < 4.78 is 63.3. The Bertz CT molecular complexity index is 2130. The lowest BCUT2D eigenvalue weighted by Crippen LogP contribution is -2.56. The van der Waals surface area contributed by atoms with Crippen LogP contribution >= 0.6 is 0 Å². The second-order valence-electron chi connectivity index (χ2n) is 20.6. The molecule has 2 amide bonds. The number of ether oxygens (including phenoxy) is 11. The molecule has 0 spiro atoms. The van der Waals surface area contributed by atoms with E-state index in [1.165, 1.54) is 49.6 Å². The Kier molecular flexibility index (Phi) is 33.9. The number of nitrogens with zero attached hydrogens (tertiary/aromatic N) is 2. The van der Waals surface area contributed by atoms with Gasteiger partial charge < -0.3 is 57.4 Å². The second-order valence-corrected chi connectivity index (χ2v) is 20.6. The Morgan fingerprint density at radius 1 is 0.696 bits per heavy atom. The van der Waals surface area contributed by atoms with Gasteiger partial charge in [0.1, 0.15) is 37.0 Å². The number of allylic oxidation sites excluding steroid dienone is 2. The van der Waals surface area contributed by atoms with Crippen molar-refractivity contribution >= 4 is 23.9 Å². The molecule has 2 aliphatic rings. The number of H-pyrrole nitrogens is 1. The summed E-state index contributed by atoms with van der Waals surface area (Å²) in [6.45, 7) is 11.8. The van der Waals surface area contributed by atoms with E-state index in [-0.39, 0.29) is 26.2 Å². The van der Waals surface area contributed by atoms with Gasteiger partial charge in [-0.15, -0.1) is 0 Å². The third-order valence-corrected chi connectivity index (χ3v) is 12.8. The number of nitrogens with one attached hydrogen (secondary N) is 2. The monoisotopic (exact) mass is 1120 g/mol. The van der Waals surface area contributed by atoms with Crippen molar-refractivity contribution in [2.24, 2.45) is 0 Å². The van der Waals surface area contributed by atoms with E-state index in [2.05, 4.69) is 29.4 Å². The SMILES string of the molecule is CCCCCCCC/C=C\CCCCCCCC(=O)O[C@@H]1[C@@H](NC(=O)[C@@H]2CCCN2C(=O)OC(C)(C)C)[C@@H](COC(=O)COCCOCCOCCOCCOCCOCCOCc2ccccc2)O[C@H]1n1ccc(=O)[nH]c1=O. The molecule has 21 nitrogen and oxygen atoms in total. The number of hydrogen-bond acceptors (Lipinski definition) is 17. The van der Waals surface area contributed by atoms with Crippen molar-refractivity contribution in [3.8, 4) is 0 Å². The topological polar surface area (TPSA) is 240 Å². The lowest BCUT2D eigenvalue weighted by molar-refractivity contribution is -0.157. The highest BCUT2D eigenvalue weighted by Crippen LogP contribution is 2.33. The van der Waals surface area contributed by atoms with Crippen LogP contribution in [0.4, 0.5) is 4.79 Å². The number of esters is 2. The molecule has 2 aliphatic heterocycles. The smallest absolute Gasteiger partial charge is 0.410 e. The van der Waals surface area contributed by atoms with Crippen molar-refractivity contribution in [3.63, 3.8) is 0 Å². The van der Waals surface area contributed by atoms with Crippen LogP contribution in [0.5, 0.6) is 0 Å². The fraction of sp³-hybridized carbons (Fsp3) is 0.724. The number of amides is 2. The van der Waals surface area contributed by atoms with E-state index in [1.807, 2.05) is 30.3 Å². The maximum atomic E-state index is 14.2. The van der Waals surface area contributed by atoms with Crippen molar-refractivity contribution in [2.45, 2.75) is 173 Å². The summed E-state index contributed by atoms with van der Waals surface area (Å²) in [6.07, 6.45) is 16.4. The molecule has 2 saturated heterocycles. The normalized spacial score (nSPS) is 18.3. The van der Waals surface area contributed by atoms with Crippen LogP contribution in [-0.4, -0.2) is 167 Å². The number of aromatic nitrogens is 2.